The molecule has 0 aromatic heterocycles. The van der Waals surface area contributed by atoms with Crippen LogP contribution in [0.1, 0.15) is 5.56 Å². The van der Waals surface area contributed by atoms with Crippen molar-refractivity contribution < 1.29 is 15.0 Å². The van der Waals surface area contributed by atoms with Crippen molar-refractivity contribution in [3.63, 3.8) is 0 Å². The molecule has 0 spiro atoms. The van der Waals surface area contributed by atoms with Gasteiger partial charge in [-0.05, 0) is 34.5 Å². The molecular formula is C14H9NO3. The molecule has 0 bridgehead atoms. The Morgan fingerprint density at radius 3 is 2.67 bits per heavy atom. The number of carboxylic acid groups (broad SMARTS) is 1. The monoisotopic (exact) mass is 239 g/mol. The highest BCUT2D eigenvalue weighted by Crippen LogP contribution is 2.26. The number of aliphatic carboxylic acids is 1. The second kappa shape index (κ2) is 4.60. The van der Waals surface area contributed by atoms with Gasteiger partial charge in [0, 0.05) is 0 Å². The van der Waals surface area contributed by atoms with Gasteiger partial charge in [0.2, 0.25) is 0 Å². The molecule has 0 aliphatic carbocycles. The van der Waals surface area contributed by atoms with Crippen molar-refractivity contribution >= 4 is 22.8 Å². The van der Waals surface area contributed by atoms with Crippen LogP contribution in [0.2, 0.25) is 0 Å². The zero-order valence-corrected chi connectivity index (χ0v) is 9.29. The first-order chi connectivity index (χ1) is 8.61. The normalized spacial score (nSPS) is 11.2. The summed E-state index contributed by atoms with van der Waals surface area (Å²) in [5.41, 5.74) is 0.135. The third-order valence-electron chi connectivity index (χ3n) is 2.53. The van der Waals surface area contributed by atoms with Gasteiger partial charge in [0.05, 0.1) is 0 Å². The predicted octanol–water partition coefficient (Wildman–Crippen LogP) is 2.54. The molecule has 18 heavy (non-hydrogen) atoms. The summed E-state index contributed by atoms with van der Waals surface area (Å²) < 4.78 is 0. The Morgan fingerprint density at radius 1 is 1.28 bits per heavy atom. The molecule has 0 saturated heterocycles. The van der Waals surface area contributed by atoms with E-state index >= 15 is 0 Å². The van der Waals surface area contributed by atoms with E-state index in [0.29, 0.717) is 5.56 Å². The Hall–Kier alpha value is -2.80. The van der Waals surface area contributed by atoms with E-state index in [1.54, 1.807) is 24.3 Å². The third kappa shape index (κ3) is 2.15. The van der Waals surface area contributed by atoms with Crippen LogP contribution in [0.3, 0.4) is 0 Å². The van der Waals surface area contributed by atoms with Crippen LogP contribution in [0.15, 0.2) is 42.0 Å². The average molecular weight is 239 g/mol. The van der Waals surface area contributed by atoms with Crippen molar-refractivity contribution in [1.82, 2.24) is 0 Å². The number of rotatable bonds is 2. The van der Waals surface area contributed by atoms with E-state index in [-0.39, 0.29) is 11.3 Å². The lowest BCUT2D eigenvalue weighted by molar-refractivity contribution is -0.132. The highest BCUT2D eigenvalue weighted by molar-refractivity contribution is 6.00. The Balaban J connectivity index is 2.72. The van der Waals surface area contributed by atoms with Crippen molar-refractivity contribution in [3.05, 3.63) is 47.5 Å². The smallest absolute Gasteiger partial charge is 0.346 e. The summed E-state index contributed by atoms with van der Waals surface area (Å²) in [5, 5.41) is 28.7. The highest BCUT2D eigenvalue weighted by Gasteiger charge is 2.08. The number of phenolic OH excluding ortho intramolecular Hbond substituents is 1. The fraction of sp³-hybridized carbons (Fsp3) is 0. The molecule has 0 radical (unpaired) electrons. The van der Waals surface area contributed by atoms with E-state index in [0.717, 1.165) is 10.8 Å². The second-order valence-electron chi connectivity index (χ2n) is 3.73. The van der Waals surface area contributed by atoms with Crippen molar-refractivity contribution in [2.45, 2.75) is 0 Å². The average Bonchev–Trinajstić information content (AvgIpc) is 2.35. The quantitative estimate of drug-likeness (QED) is 0.623. The highest BCUT2D eigenvalue weighted by atomic mass is 16.4. The summed E-state index contributed by atoms with van der Waals surface area (Å²) >= 11 is 0. The minimum atomic E-state index is -1.29. The maximum atomic E-state index is 10.8. The molecule has 0 fully saturated rings. The number of hydrogen-bond donors (Lipinski definition) is 2. The summed E-state index contributed by atoms with van der Waals surface area (Å²) in [7, 11) is 0. The summed E-state index contributed by atoms with van der Waals surface area (Å²) in [6, 6.07) is 11.9. The number of hydrogen-bond acceptors (Lipinski definition) is 3. The first-order valence-electron chi connectivity index (χ1n) is 5.18. The van der Waals surface area contributed by atoms with E-state index in [1.165, 1.54) is 12.1 Å². The summed E-state index contributed by atoms with van der Waals surface area (Å²) in [4.78, 5) is 10.8. The Bertz CT molecular complexity index is 696. The molecule has 2 rings (SSSR count). The SMILES string of the molecule is N#CC(=Cc1cc(O)cc2ccccc12)C(=O)O. The third-order valence-corrected chi connectivity index (χ3v) is 2.53. The molecule has 0 unspecified atom stereocenters. The van der Waals surface area contributed by atoms with Crippen LogP contribution < -0.4 is 0 Å². The summed E-state index contributed by atoms with van der Waals surface area (Å²) in [6.45, 7) is 0. The molecule has 4 heteroatoms. The number of aromatic hydroxyl groups is 1. The zero-order chi connectivity index (χ0) is 13.1. The van der Waals surface area contributed by atoms with Gasteiger partial charge in [0.1, 0.15) is 17.4 Å². The van der Waals surface area contributed by atoms with Crippen LogP contribution in [0.25, 0.3) is 16.8 Å². The molecule has 0 atom stereocenters. The molecule has 4 nitrogen and oxygen atoms in total. The predicted molar refractivity (Wildman–Crippen MR) is 66.8 cm³/mol. The molecule has 0 amide bonds. The van der Waals surface area contributed by atoms with Gasteiger partial charge < -0.3 is 10.2 Å². The molecule has 0 saturated carbocycles. The maximum absolute atomic E-state index is 10.8. The number of phenols is 1. The van der Waals surface area contributed by atoms with Gasteiger partial charge in [-0.25, -0.2) is 4.79 Å². The van der Waals surface area contributed by atoms with E-state index in [9.17, 15) is 9.90 Å². The van der Waals surface area contributed by atoms with Gasteiger partial charge >= 0.3 is 5.97 Å². The zero-order valence-electron chi connectivity index (χ0n) is 9.29. The van der Waals surface area contributed by atoms with Gasteiger partial charge in [-0.3, -0.25) is 0 Å². The number of carbonyl (C=O) groups is 1. The van der Waals surface area contributed by atoms with Gasteiger partial charge in [-0.2, -0.15) is 5.26 Å². The Kier molecular flexibility index (Phi) is 2.98. The number of nitrogens with zero attached hydrogens (tertiary/aromatic N) is 1. The van der Waals surface area contributed by atoms with Gasteiger partial charge in [0.25, 0.3) is 0 Å². The van der Waals surface area contributed by atoms with Gasteiger partial charge in [-0.15, -0.1) is 0 Å². The van der Waals surface area contributed by atoms with Crippen LogP contribution in [0, 0.1) is 11.3 Å². The molecule has 2 aromatic rings. The topological polar surface area (TPSA) is 81.3 Å². The van der Waals surface area contributed by atoms with Gasteiger partial charge in [0.15, 0.2) is 0 Å². The molecule has 0 aliphatic rings. The summed E-state index contributed by atoms with van der Waals surface area (Å²) in [5.74, 6) is -1.26. The standard InChI is InChI=1S/C14H9NO3/c15-8-11(14(17)18)5-10-7-12(16)6-9-3-1-2-4-13(9)10/h1-7,16H,(H,17,18). The van der Waals surface area contributed by atoms with Crippen molar-refractivity contribution in [2.75, 3.05) is 0 Å². The number of nitriles is 1. The second-order valence-corrected chi connectivity index (χ2v) is 3.73. The van der Waals surface area contributed by atoms with Gasteiger partial charge in [-0.1, -0.05) is 24.3 Å². The van der Waals surface area contributed by atoms with Crippen molar-refractivity contribution in [1.29, 1.82) is 5.26 Å². The van der Waals surface area contributed by atoms with Crippen LogP contribution >= 0.6 is 0 Å². The lowest BCUT2D eigenvalue weighted by atomic mass is 10.0. The summed E-state index contributed by atoms with van der Waals surface area (Å²) in [6.07, 6.45) is 1.25. The first-order valence-corrected chi connectivity index (χ1v) is 5.18. The molecular weight excluding hydrogens is 230 g/mol. The number of carboxylic acids is 1. The van der Waals surface area contributed by atoms with E-state index in [2.05, 4.69) is 0 Å². The first kappa shape index (κ1) is 11.7. The lowest BCUT2D eigenvalue weighted by Gasteiger charge is -2.04. The molecule has 0 heterocycles. The van der Waals surface area contributed by atoms with Crippen LogP contribution in [-0.4, -0.2) is 16.2 Å². The minimum Gasteiger partial charge on any atom is -0.508 e. The molecule has 2 N–H and O–H groups in total. The van der Waals surface area contributed by atoms with Crippen LogP contribution in [0.5, 0.6) is 5.75 Å². The fourth-order valence-corrected chi connectivity index (χ4v) is 1.74. The number of fused-ring (bicyclic) bond motifs is 1. The fourth-order valence-electron chi connectivity index (χ4n) is 1.74. The Morgan fingerprint density at radius 2 is 2.00 bits per heavy atom. The van der Waals surface area contributed by atoms with Crippen LogP contribution in [-0.2, 0) is 4.79 Å². The largest absolute Gasteiger partial charge is 0.508 e. The number of benzene rings is 2. The van der Waals surface area contributed by atoms with Crippen molar-refractivity contribution in [2.24, 2.45) is 0 Å². The molecule has 2 aromatic carbocycles. The maximum Gasteiger partial charge on any atom is 0.346 e. The Labute approximate surface area is 103 Å². The van der Waals surface area contributed by atoms with E-state index < -0.39 is 5.97 Å². The molecule has 88 valence electrons. The van der Waals surface area contributed by atoms with Crippen molar-refractivity contribution in [3.8, 4) is 11.8 Å². The molecule has 0 aliphatic heterocycles. The minimum absolute atomic E-state index is 0.0302. The van der Waals surface area contributed by atoms with Crippen LogP contribution in [0.4, 0.5) is 0 Å². The van der Waals surface area contributed by atoms with E-state index in [4.69, 9.17) is 10.4 Å². The lowest BCUT2D eigenvalue weighted by Crippen LogP contribution is -1.97. The van der Waals surface area contributed by atoms with E-state index in [1.807, 2.05) is 12.1 Å².